The van der Waals surface area contributed by atoms with E-state index in [4.69, 9.17) is 10.5 Å². The predicted molar refractivity (Wildman–Crippen MR) is 69.0 cm³/mol. The molecule has 1 aliphatic heterocycles. The normalized spacial score (nSPS) is 25.0. The quantitative estimate of drug-likeness (QED) is 0.863. The van der Waals surface area contributed by atoms with Crippen molar-refractivity contribution < 1.29 is 4.74 Å². The number of rotatable bonds is 3. The number of morpholine rings is 1. The fourth-order valence-electron chi connectivity index (χ4n) is 2.32. The van der Waals surface area contributed by atoms with Crippen molar-refractivity contribution >= 4 is 5.69 Å². The number of nitrogens with two attached hydrogens (primary N) is 1. The van der Waals surface area contributed by atoms with Crippen LogP contribution in [0.2, 0.25) is 0 Å². The number of hydrogen-bond donors (Lipinski definition) is 1. The molecule has 0 amide bonds. The van der Waals surface area contributed by atoms with Gasteiger partial charge in [0.1, 0.15) is 0 Å². The minimum absolute atomic E-state index is 0.267. The fourth-order valence-corrected chi connectivity index (χ4v) is 2.32. The average molecular weight is 235 g/mol. The van der Waals surface area contributed by atoms with E-state index in [1.165, 1.54) is 0 Å². The molecule has 4 heteroatoms. The second kappa shape index (κ2) is 5.47. The Morgan fingerprint density at radius 1 is 1.59 bits per heavy atom. The summed E-state index contributed by atoms with van der Waals surface area (Å²) in [5.41, 5.74) is 8.12. The molecule has 94 valence electrons. The van der Waals surface area contributed by atoms with Gasteiger partial charge in [-0.05, 0) is 25.0 Å². The Morgan fingerprint density at radius 3 is 3.12 bits per heavy atom. The molecule has 0 saturated carbocycles. The third-order valence-corrected chi connectivity index (χ3v) is 3.36. The summed E-state index contributed by atoms with van der Waals surface area (Å²) in [5.74, 6) is 0. The highest BCUT2D eigenvalue weighted by Gasteiger charge is 2.26. The molecule has 4 nitrogen and oxygen atoms in total. The first kappa shape index (κ1) is 12.3. The molecule has 2 unspecified atom stereocenters. The maximum absolute atomic E-state index is 5.79. The number of aromatic nitrogens is 1. The van der Waals surface area contributed by atoms with Crippen LogP contribution in [0.5, 0.6) is 0 Å². The highest BCUT2D eigenvalue weighted by atomic mass is 16.5. The Balaban J connectivity index is 2.28. The van der Waals surface area contributed by atoms with E-state index in [2.05, 4.69) is 23.7 Å². The van der Waals surface area contributed by atoms with Gasteiger partial charge in [-0.3, -0.25) is 4.98 Å². The van der Waals surface area contributed by atoms with Crippen molar-refractivity contribution in [2.45, 2.75) is 39.0 Å². The SMILES string of the molecule is CCC1COC(C)CN1c1cnccc1CN. The summed E-state index contributed by atoms with van der Waals surface area (Å²) in [6, 6.07) is 2.43. The second-order valence-corrected chi connectivity index (χ2v) is 4.57. The molecule has 0 radical (unpaired) electrons. The number of hydrogen-bond acceptors (Lipinski definition) is 4. The van der Waals surface area contributed by atoms with Crippen molar-refractivity contribution in [1.29, 1.82) is 0 Å². The summed E-state index contributed by atoms with van der Waals surface area (Å²) >= 11 is 0. The Hall–Kier alpha value is -1.13. The monoisotopic (exact) mass is 235 g/mol. The average Bonchev–Trinajstić information content (AvgIpc) is 2.38. The van der Waals surface area contributed by atoms with Gasteiger partial charge in [-0.2, -0.15) is 0 Å². The summed E-state index contributed by atoms with van der Waals surface area (Å²) < 4.78 is 5.71. The molecule has 0 aromatic carbocycles. The Bertz CT molecular complexity index is 369. The lowest BCUT2D eigenvalue weighted by Crippen LogP contribution is -2.49. The van der Waals surface area contributed by atoms with E-state index < -0.39 is 0 Å². The number of anilines is 1. The zero-order chi connectivity index (χ0) is 12.3. The molecule has 0 bridgehead atoms. The van der Waals surface area contributed by atoms with Crippen molar-refractivity contribution in [2.24, 2.45) is 5.73 Å². The molecule has 0 spiro atoms. The van der Waals surface area contributed by atoms with Crippen LogP contribution in [-0.2, 0) is 11.3 Å². The maximum Gasteiger partial charge on any atom is 0.0723 e. The van der Waals surface area contributed by atoms with Gasteiger partial charge in [0.2, 0.25) is 0 Å². The topological polar surface area (TPSA) is 51.4 Å². The molecule has 1 aromatic rings. The van der Waals surface area contributed by atoms with Gasteiger partial charge in [0, 0.05) is 19.3 Å². The van der Waals surface area contributed by atoms with Gasteiger partial charge in [-0.25, -0.2) is 0 Å². The standard InChI is InChI=1S/C13H21N3O/c1-3-12-9-17-10(2)8-16(12)13-7-15-5-4-11(13)6-14/h4-5,7,10,12H,3,6,8-9,14H2,1-2H3. The Morgan fingerprint density at radius 2 is 2.41 bits per heavy atom. The first-order valence-electron chi connectivity index (χ1n) is 6.27. The Kier molecular flexibility index (Phi) is 3.97. The lowest BCUT2D eigenvalue weighted by molar-refractivity contribution is 0.0299. The third kappa shape index (κ3) is 2.58. The second-order valence-electron chi connectivity index (χ2n) is 4.57. The first-order chi connectivity index (χ1) is 8.26. The van der Waals surface area contributed by atoms with Crippen LogP contribution < -0.4 is 10.6 Å². The lowest BCUT2D eigenvalue weighted by atomic mass is 10.1. The highest BCUT2D eigenvalue weighted by Crippen LogP contribution is 2.25. The minimum Gasteiger partial charge on any atom is -0.375 e. The molecular weight excluding hydrogens is 214 g/mol. The zero-order valence-electron chi connectivity index (χ0n) is 10.6. The van der Waals surface area contributed by atoms with Crippen LogP contribution in [-0.4, -0.2) is 30.3 Å². The summed E-state index contributed by atoms with van der Waals surface area (Å²) in [7, 11) is 0. The van der Waals surface area contributed by atoms with E-state index in [0.717, 1.165) is 30.8 Å². The van der Waals surface area contributed by atoms with E-state index >= 15 is 0 Å². The molecule has 1 saturated heterocycles. The van der Waals surface area contributed by atoms with E-state index in [1.807, 2.05) is 12.3 Å². The highest BCUT2D eigenvalue weighted by molar-refractivity contribution is 5.53. The van der Waals surface area contributed by atoms with Crippen LogP contribution in [0.1, 0.15) is 25.8 Å². The van der Waals surface area contributed by atoms with E-state index in [-0.39, 0.29) is 6.10 Å². The van der Waals surface area contributed by atoms with Gasteiger partial charge in [0.25, 0.3) is 0 Å². The maximum atomic E-state index is 5.79. The minimum atomic E-state index is 0.267. The molecule has 0 aliphatic carbocycles. The van der Waals surface area contributed by atoms with Crippen LogP contribution in [0.15, 0.2) is 18.5 Å². The molecule has 1 fully saturated rings. The lowest BCUT2D eigenvalue weighted by Gasteiger charge is -2.40. The summed E-state index contributed by atoms with van der Waals surface area (Å²) in [6.07, 6.45) is 5.06. The van der Waals surface area contributed by atoms with Crippen LogP contribution >= 0.6 is 0 Å². The molecular formula is C13H21N3O. The predicted octanol–water partition coefficient (Wildman–Crippen LogP) is 1.54. The van der Waals surface area contributed by atoms with Crippen LogP contribution in [0.4, 0.5) is 5.69 Å². The van der Waals surface area contributed by atoms with Gasteiger partial charge in [0.15, 0.2) is 0 Å². The van der Waals surface area contributed by atoms with E-state index in [9.17, 15) is 0 Å². The third-order valence-electron chi connectivity index (χ3n) is 3.36. The van der Waals surface area contributed by atoms with Crippen LogP contribution in [0.3, 0.4) is 0 Å². The van der Waals surface area contributed by atoms with E-state index in [1.54, 1.807) is 6.20 Å². The van der Waals surface area contributed by atoms with Crippen molar-refractivity contribution in [3.63, 3.8) is 0 Å². The van der Waals surface area contributed by atoms with Gasteiger partial charge >= 0.3 is 0 Å². The van der Waals surface area contributed by atoms with Gasteiger partial charge in [0.05, 0.1) is 30.6 Å². The molecule has 17 heavy (non-hydrogen) atoms. The molecule has 1 aliphatic rings. The molecule has 2 atom stereocenters. The van der Waals surface area contributed by atoms with Crippen LogP contribution in [0, 0.1) is 0 Å². The summed E-state index contributed by atoms with van der Waals surface area (Å²) in [5, 5.41) is 0. The van der Waals surface area contributed by atoms with Crippen molar-refractivity contribution in [3.8, 4) is 0 Å². The zero-order valence-corrected chi connectivity index (χ0v) is 10.6. The van der Waals surface area contributed by atoms with Crippen LogP contribution in [0.25, 0.3) is 0 Å². The smallest absolute Gasteiger partial charge is 0.0723 e. The molecule has 2 rings (SSSR count). The summed E-state index contributed by atoms with van der Waals surface area (Å²) in [4.78, 5) is 6.62. The largest absolute Gasteiger partial charge is 0.375 e. The number of nitrogens with zero attached hydrogens (tertiary/aromatic N) is 2. The van der Waals surface area contributed by atoms with Crippen molar-refractivity contribution in [1.82, 2.24) is 4.98 Å². The van der Waals surface area contributed by atoms with Crippen molar-refractivity contribution in [2.75, 3.05) is 18.1 Å². The fraction of sp³-hybridized carbons (Fsp3) is 0.615. The van der Waals surface area contributed by atoms with Gasteiger partial charge in [-0.1, -0.05) is 6.92 Å². The Labute approximate surface area is 103 Å². The number of pyridine rings is 1. The number of ether oxygens (including phenoxy) is 1. The van der Waals surface area contributed by atoms with Gasteiger partial charge in [-0.15, -0.1) is 0 Å². The van der Waals surface area contributed by atoms with E-state index in [0.29, 0.717) is 12.6 Å². The van der Waals surface area contributed by atoms with Crippen molar-refractivity contribution in [3.05, 3.63) is 24.0 Å². The summed E-state index contributed by atoms with van der Waals surface area (Å²) in [6.45, 7) is 6.56. The first-order valence-corrected chi connectivity index (χ1v) is 6.27. The molecule has 2 N–H and O–H groups in total. The molecule has 1 aromatic heterocycles. The van der Waals surface area contributed by atoms with Gasteiger partial charge < -0.3 is 15.4 Å². The molecule has 2 heterocycles.